The van der Waals surface area contributed by atoms with Gasteiger partial charge in [-0.15, -0.1) is 11.3 Å². The number of methoxy groups -OCH3 is 1. The van der Waals surface area contributed by atoms with Crippen LogP contribution < -0.4 is 0 Å². The normalized spacial score (nSPS) is 23.6. The molecule has 3 rings (SSSR count). The van der Waals surface area contributed by atoms with Crippen molar-refractivity contribution in [3.05, 3.63) is 16.1 Å². The molecule has 2 saturated heterocycles. The SMILES string of the molecule is CO[C@@H](C)c1nc(CN2C(=O)[C@@H]3CCCCN3C2=O)cs1. The Kier molecular flexibility index (Phi) is 3.95. The average Bonchev–Trinajstić information content (AvgIpc) is 3.07. The van der Waals surface area contributed by atoms with E-state index in [9.17, 15) is 9.59 Å². The van der Waals surface area contributed by atoms with E-state index in [-0.39, 0.29) is 30.6 Å². The van der Waals surface area contributed by atoms with Crippen molar-refractivity contribution in [2.24, 2.45) is 0 Å². The summed E-state index contributed by atoms with van der Waals surface area (Å²) in [7, 11) is 1.64. The van der Waals surface area contributed by atoms with Gasteiger partial charge in [0.25, 0.3) is 5.91 Å². The molecule has 2 fully saturated rings. The van der Waals surface area contributed by atoms with Crippen LogP contribution in [0.3, 0.4) is 0 Å². The predicted octanol–water partition coefficient (Wildman–Crippen LogP) is 2.17. The van der Waals surface area contributed by atoms with Crippen LogP contribution in [-0.2, 0) is 16.1 Å². The molecule has 2 aliphatic heterocycles. The molecule has 0 saturated carbocycles. The van der Waals surface area contributed by atoms with Gasteiger partial charge in [-0.25, -0.2) is 9.78 Å². The molecule has 6 nitrogen and oxygen atoms in total. The molecule has 0 unspecified atom stereocenters. The Labute approximate surface area is 127 Å². The molecule has 0 N–H and O–H groups in total. The summed E-state index contributed by atoms with van der Waals surface area (Å²) in [4.78, 5) is 32.2. The third-order valence-electron chi connectivity index (χ3n) is 4.12. The third-order valence-corrected chi connectivity index (χ3v) is 5.18. The summed E-state index contributed by atoms with van der Waals surface area (Å²) in [5.41, 5.74) is 0.750. The largest absolute Gasteiger partial charge is 0.375 e. The van der Waals surface area contributed by atoms with Gasteiger partial charge in [0.15, 0.2) is 0 Å². The van der Waals surface area contributed by atoms with Crippen molar-refractivity contribution in [2.45, 2.75) is 44.9 Å². The molecule has 21 heavy (non-hydrogen) atoms. The topological polar surface area (TPSA) is 62.7 Å². The van der Waals surface area contributed by atoms with E-state index in [0.29, 0.717) is 6.54 Å². The van der Waals surface area contributed by atoms with Gasteiger partial charge in [0.05, 0.1) is 12.2 Å². The van der Waals surface area contributed by atoms with E-state index in [1.807, 2.05) is 12.3 Å². The number of amides is 3. The van der Waals surface area contributed by atoms with Crippen molar-refractivity contribution < 1.29 is 14.3 Å². The summed E-state index contributed by atoms with van der Waals surface area (Å²) in [6, 6.07) is -0.415. The van der Waals surface area contributed by atoms with Crippen LogP contribution in [0.2, 0.25) is 0 Å². The van der Waals surface area contributed by atoms with Crippen molar-refractivity contribution in [3.63, 3.8) is 0 Å². The fourth-order valence-corrected chi connectivity index (χ4v) is 3.68. The smallest absolute Gasteiger partial charge is 0.327 e. The van der Waals surface area contributed by atoms with Crippen LogP contribution in [0, 0.1) is 0 Å². The fourth-order valence-electron chi connectivity index (χ4n) is 2.84. The fraction of sp³-hybridized carbons (Fsp3) is 0.643. The molecule has 1 aromatic heterocycles. The van der Waals surface area contributed by atoms with Gasteiger partial charge in [-0.3, -0.25) is 9.69 Å². The third kappa shape index (κ3) is 2.55. The summed E-state index contributed by atoms with van der Waals surface area (Å²) >= 11 is 1.49. The molecule has 114 valence electrons. The molecule has 2 aliphatic rings. The minimum atomic E-state index is -0.248. The van der Waals surface area contributed by atoms with Crippen molar-refractivity contribution in [1.29, 1.82) is 0 Å². The second kappa shape index (κ2) is 5.73. The Bertz CT molecular complexity index is 535. The number of ether oxygens (including phenoxy) is 1. The first-order chi connectivity index (χ1) is 10.1. The summed E-state index contributed by atoms with van der Waals surface area (Å²) in [5.74, 6) is -0.0750. The average molecular weight is 309 g/mol. The van der Waals surface area contributed by atoms with Crippen molar-refractivity contribution in [1.82, 2.24) is 14.8 Å². The minimum Gasteiger partial charge on any atom is -0.375 e. The molecule has 0 aromatic carbocycles. The van der Waals surface area contributed by atoms with Crippen LogP contribution in [0.15, 0.2) is 5.38 Å². The summed E-state index contributed by atoms with van der Waals surface area (Å²) in [6.07, 6.45) is 2.71. The molecular weight excluding hydrogens is 290 g/mol. The number of hydrogen-bond donors (Lipinski definition) is 0. The Hall–Kier alpha value is -1.47. The first-order valence-corrected chi connectivity index (χ1v) is 8.09. The van der Waals surface area contributed by atoms with E-state index in [0.717, 1.165) is 30.0 Å². The number of imide groups is 1. The quantitative estimate of drug-likeness (QED) is 0.800. The standard InChI is InChI=1S/C14H19N3O3S/c1-9(20-2)12-15-10(8-21-12)7-17-13(18)11-5-3-4-6-16(11)14(17)19/h8-9,11H,3-7H2,1-2H3/t9-,11-/m0/s1. The first-order valence-electron chi connectivity index (χ1n) is 7.21. The van der Waals surface area contributed by atoms with Crippen LogP contribution in [0.4, 0.5) is 4.79 Å². The van der Waals surface area contributed by atoms with Crippen LogP contribution in [0.1, 0.15) is 43.0 Å². The van der Waals surface area contributed by atoms with Crippen molar-refractivity contribution in [3.8, 4) is 0 Å². The zero-order valence-electron chi connectivity index (χ0n) is 12.2. The number of nitrogens with zero attached hydrogens (tertiary/aromatic N) is 3. The number of rotatable bonds is 4. The monoisotopic (exact) mass is 309 g/mol. The van der Waals surface area contributed by atoms with Gasteiger partial charge in [0.2, 0.25) is 0 Å². The Morgan fingerprint density at radius 2 is 2.29 bits per heavy atom. The number of carbonyl (C=O) groups excluding carboxylic acids is 2. The van der Waals surface area contributed by atoms with E-state index >= 15 is 0 Å². The van der Waals surface area contributed by atoms with Gasteiger partial charge in [-0.2, -0.15) is 0 Å². The predicted molar refractivity (Wildman–Crippen MR) is 77.8 cm³/mol. The molecule has 2 atom stereocenters. The number of piperidine rings is 1. The number of aromatic nitrogens is 1. The second-order valence-electron chi connectivity index (χ2n) is 5.47. The van der Waals surface area contributed by atoms with Crippen LogP contribution in [-0.4, -0.2) is 46.4 Å². The lowest BCUT2D eigenvalue weighted by Gasteiger charge is -2.26. The van der Waals surface area contributed by atoms with Crippen LogP contribution in [0.5, 0.6) is 0 Å². The van der Waals surface area contributed by atoms with Crippen LogP contribution >= 0.6 is 11.3 Å². The highest BCUT2D eigenvalue weighted by molar-refractivity contribution is 7.09. The highest BCUT2D eigenvalue weighted by Gasteiger charge is 2.45. The Balaban J connectivity index is 1.74. The lowest BCUT2D eigenvalue weighted by Crippen LogP contribution is -2.38. The number of urea groups is 1. The van der Waals surface area contributed by atoms with E-state index in [1.54, 1.807) is 12.0 Å². The Morgan fingerprint density at radius 1 is 1.48 bits per heavy atom. The second-order valence-corrected chi connectivity index (χ2v) is 6.36. The van der Waals surface area contributed by atoms with E-state index in [2.05, 4.69) is 4.98 Å². The minimum absolute atomic E-state index is 0.0694. The molecule has 0 bridgehead atoms. The summed E-state index contributed by atoms with van der Waals surface area (Å²) in [6.45, 7) is 2.88. The zero-order valence-corrected chi connectivity index (χ0v) is 13.1. The first kappa shape index (κ1) is 14.5. The van der Waals surface area contributed by atoms with Gasteiger partial charge in [0.1, 0.15) is 17.2 Å². The Morgan fingerprint density at radius 3 is 3.00 bits per heavy atom. The van der Waals surface area contributed by atoms with Crippen molar-refractivity contribution in [2.75, 3.05) is 13.7 Å². The van der Waals surface area contributed by atoms with Gasteiger partial charge < -0.3 is 9.64 Å². The van der Waals surface area contributed by atoms with Gasteiger partial charge >= 0.3 is 6.03 Å². The van der Waals surface area contributed by atoms with Gasteiger partial charge in [-0.05, 0) is 26.2 Å². The molecule has 3 amide bonds. The molecular formula is C14H19N3O3S. The summed E-state index contributed by atoms with van der Waals surface area (Å²) < 4.78 is 5.23. The zero-order chi connectivity index (χ0) is 15.0. The van der Waals surface area contributed by atoms with Gasteiger partial charge in [0, 0.05) is 19.0 Å². The van der Waals surface area contributed by atoms with Gasteiger partial charge in [-0.1, -0.05) is 0 Å². The number of carbonyl (C=O) groups is 2. The van der Waals surface area contributed by atoms with Crippen molar-refractivity contribution >= 4 is 23.3 Å². The summed E-state index contributed by atoms with van der Waals surface area (Å²) in [5, 5.41) is 2.76. The molecule has 3 heterocycles. The molecule has 7 heteroatoms. The lowest BCUT2D eigenvalue weighted by atomic mass is 10.0. The number of fused-ring (bicyclic) bond motifs is 1. The highest BCUT2D eigenvalue weighted by Crippen LogP contribution is 2.28. The number of hydrogen-bond acceptors (Lipinski definition) is 5. The molecule has 0 spiro atoms. The molecule has 1 aromatic rings. The van der Waals surface area contributed by atoms with Crippen LogP contribution in [0.25, 0.3) is 0 Å². The maximum atomic E-state index is 12.4. The maximum Gasteiger partial charge on any atom is 0.327 e. The van der Waals surface area contributed by atoms with E-state index in [1.165, 1.54) is 16.2 Å². The number of thiazole rings is 1. The highest BCUT2D eigenvalue weighted by atomic mass is 32.1. The molecule has 0 radical (unpaired) electrons. The maximum absolute atomic E-state index is 12.4. The lowest BCUT2D eigenvalue weighted by molar-refractivity contribution is -0.129. The van der Waals surface area contributed by atoms with E-state index < -0.39 is 0 Å². The van der Waals surface area contributed by atoms with E-state index in [4.69, 9.17) is 4.74 Å². The molecule has 0 aliphatic carbocycles.